The van der Waals surface area contributed by atoms with E-state index in [2.05, 4.69) is 21.2 Å². The lowest BCUT2D eigenvalue weighted by Gasteiger charge is -2.09. The highest BCUT2D eigenvalue weighted by Crippen LogP contribution is 2.29. The zero-order chi connectivity index (χ0) is 15.4. The molecule has 0 aliphatic heterocycles. The van der Waals surface area contributed by atoms with Crippen molar-refractivity contribution in [3.8, 4) is 0 Å². The Kier molecular flexibility index (Phi) is 5.56. The zero-order valence-electron chi connectivity index (χ0n) is 11.3. The highest BCUT2D eigenvalue weighted by molar-refractivity contribution is 9.10. The van der Waals surface area contributed by atoms with Gasteiger partial charge >= 0.3 is 0 Å². The van der Waals surface area contributed by atoms with E-state index < -0.39 is 0 Å². The predicted octanol–water partition coefficient (Wildman–Crippen LogP) is 4.72. The Labute approximate surface area is 141 Å². The van der Waals surface area contributed by atoms with E-state index in [9.17, 15) is 4.79 Å². The quantitative estimate of drug-likeness (QED) is 0.591. The summed E-state index contributed by atoms with van der Waals surface area (Å²) in [6.07, 6.45) is 0. The number of hydrogen-bond donors (Lipinski definition) is 2. The minimum atomic E-state index is -0.0797. The maximum Gasteiger partial charge on any atom is 0.234 e. The second-order valence-electron chi connectivity index (χ2n) is 4.49. The van der Waals surface area contributed by atoms with Crippen LogP contribution >= 0.6 is 39.3 Å². The Morgan fingerprint density at radius 2 is 2.10 bits per heavy atom. The number of nitrogen functional groups attached to an aromatic ring is 1. The lowest BCUT2D eigenvalue weighted by Crippen LogP contribution is -2.14. The van der Waals surface area contributed by atoms with Gasteiger partial charge in [0.15, 0.2) is 0 Å². The van der Waals surface area contributed by atoms with Gasteiger partial charge < -0.3 is 11.1 Å². The number of carbonyl (C=O) groups excluding carboxylic acids is 1. The summed E-state index contributed by atoms with van der Waals surface area (Å²) in [7, 11) is 0. The van der Waals surface area contributed by atoms with Gasteiger partial charge in [-0.25, -0.2) is 0 Å². The molecule has 21 heavy (non-hydrogen) atoms. The van der Waals surface area contributed by atoms with E-state index in [1.165, 1.54) is 11.8 Å². The van der Waals surface area contributed by atoms with Crippen LogP contribution in [0.25, 0.3) is 0 Å². The number of nitrogens with one attached hydrogen (secondary N) is 1. The molecule has 0 saturated heterocycles. The summed E-state index contributed by atoms with van der Waals surface area (Å²) in [5.41, 5.74) is 8.16. The molecule has 0 fully saturated rings. The Hall–Kier alpha value is -1.17. The Morgan fingerprint density at radius 3 is 2.81 bits per heavy atom. The van der Waals surface area contributed by atoms with Crippen molar-refractivity contribution >= 4 is 56.6 Å². The van der Waals surface area contributed by atoms with Crippen molar-refractivity contribution in [1.29, 1.82) is 0 Å². The molecule has 2 aromatic rings. The largest absolute Gasteiger partial charge is 0.399 e. The molecule has 0 radical (unpaired) electrons. The van der Waals surface area contributed by atoms with Crippen LogP contribution in [0.3, 0.4) is 0 Å². The second-order valence-corrected chi connectivity index (χ2v) is 6.83. The fraction of sp³-hybridized carbons (Fsp3) is 0.133. The average molecular weight is 386 g/mol. The van der Waals surface area contributed by atoms with Crippen LogP contribution in [-0.4, -0.2) is 11.7 Å². The van der Waals surface area contributed by atoms with Gasteiger partial charge in [-0.3, -0.25) is 4.79 Å². The molecule has 0 atom stereocenters. The van der Waals surface area contributed by atoms with Gasteiger partial charge in [0, 0.05) is 20.7 Å². The van der Waals surface area contributed by atoms with Crippen LogP contribution in [0.2, 0.25) is 5.02 Å². The highest BCUT2D eigenvalue weighted by atomic mass is 79.9. The molecule has 2 aromatic carbocycles. The standard InChI is InChI=1S/C15H14BrClN2OS/c1-9-6-10(16)2-5-13(9)19-15(20)8-21-14-7-11(18)3-4-12(14)17/h2-7H,8,18H2,1H3,(H,19,20). The average Bonchev–Trinajstić information content (AvgIpc) is 2.43. The summed E-state index contributed by atoms with van der Waals surface area (Å²) in [6.45, 7) is 1.95. The number of amides is 1. The molecule has 0 unspecified atom stereocenters. The second kappa shape index (κ2) is 7.20. The van der Waals surface area contributed by atoms with E-state index in [1.54, 1.807) is 18.2 Å². The van der Waals surface area contributed by atoms with Crippen LogP contribution in [0.1, 0.15) is 5.56 Å². The maximum atomic E-state index is 12.0. The number of anilines is 2. The molecule has 6 heteroatoms. The molecule has 0 aliphatic carbocycles. The van der Waals surface area contributed by atoms with Crippen LogP contribution in [0.5, 0.6) is 0 Å². The number of rotatable bonds is 4. The number of carbonyl (C=O) groups is 1. The first-order valence-electron chi connectivity index (χ1n) is 6.19. The third kappa shape index (κ3) is 4.66. The first-order chi connectivity index (χ1) is 9.95. The van der Waals surface area contributed by atoms with Crippen molar-refractivity contribution < 1.29 is 4.79 Å². The summed E-state index contributed by atoms with van der Waals surface area (Å²) in [5.74, 6) is 0.197. The van der Waals surface area contributed by atoms with Gasteiger partial charge in [-0.2, -0.15) is 0 Å². The summed E-state index contributed by atoms with van der Waals surface area (Å²) in [4.78, 5) is 12.8. The molecular formula is C15H14BrClN2OS. The molecular weight excluding hydrogens is 372 g/mol. The van der Waals surface area contributed by atoms with Crippen LogP contribution in [0.15, 0.2) is 45.8 Å². The Bertz CT molecular complexity index is 679. The molecule has 0 aliphatic rings. The number of thioether (sulfide) groups is 1. The van der Waals surface area contributed by atoms with Crippen LogP contribution in [0, 0.1) is 6.92 Å². The lowest BCUT2D eigenvalue weighted by atomic mass is 10.2. The summed E-state index contributed by atoms with van der Waals surface area (Å²) < 4.78 is 0.985. The molecule has 0 saturated carbocycles. The fourth-order valence-electron chi connectivity index (χ4n) is 1.73. The lowest BCUT2D eigenvalue weighted by molar-refractivity contribution is -0.113. The Morgan fingerprint density at radius 1 is 1.33 bits per heavy atom. The summed E-state index contributed by atoms with van der Waals surface area (Å²) in [5, 5.41) is 3.49. The molecule has 2 rings (SSSR count). The normalized spacial score (nSPS) is 10.4. The first kappa shape index (κ1) is 16.2. The van der Waals surface area contributed by atoms with E-state index in [-0.39, 0.29) is 11.7 Å². The molecule has 1 amide bonds. The highest BCUT2D eigenvalue weighted by Gasteiger charge is 2.08. The van der Waals surface area contributed by atoms with Gasteiger partial charge in [0.1, 0.15) is 0 Å². The van der Waals surface area contributed by atoms with Crippen molar-refractivity contribution in [3.63, 3.8) is 0 Å². The van der Waals surface area contributed by atoms with Gasteiger partial charge in [-0.1, -0.05) is 27.5 Å². The Balaban J connectivity index is 1.97. The van der Waals surface area contributed by atoms with E-state index in [0.29, 0.717) is 10.7 Å². The summed E-state index contributed by atoms with van der Waals surface area (Å²) >= 11 is 10.8. The van der Waals surface area contributed by atoms with E-state index in [0.717, 1.165) is 20.6 Å². The number of halogens is 2. The van der Waals surface area contributed by atoms with Crippen LogP contribution in [-0.2, 0) is 4.79 Å². The maximum absolute atomic E-state index is 12.0. The minimum Gasteiger partial charge on any atom is -0.399 e. The third-order valence-electron chi connectivity index (χ3n) is 2.78. The minimum absolute atomic E-state index is 0.0797. The SMILES string of the molecule is Cc1cc(Br)ccc1NC(=O)CSc1cc(N)ccc1Cl. The molecule has 0 bridgehead atoms. The van der Waals surface area contributed by atoms with Gasteiger partial charge in [0.05, 0.1) is 10.8 Å². The molecule has 3 nitrogen and oxygen atoms in total. The van der Waals surface area contributed by atoms with E-state index >= 15 is 0 Å². The molecule has 0 heterocycles. The number of benzene rings is 2. The van der Waals surface area contributed by atoms with Crippen molar-refractivity contribution in [2.45, 2.75) is 11.8 Å². The number of hydrogen-bond acceptors (Lipinski definition) is 3. The smallest absolute Gasteiger partial charge is 0.234 e. The molecule has 3 N–H and O–H groups in total. The third-order valence-corrected chi connectivity index (χ3v) is 4.77. The van der Waals surface area contributed by atoms with Crippen molar-refractivity contribution in [2.75, 3.05) is 16.8 Å². The molecule has 0 aromatic heterocycles. The zero-order valence-corrected chi connectivity index (χ0v) is 14.5. The van der Waals surface area contributed by atoms with Crippen LogP contribution in [0.4, 0.5) is 11.4 Å². The predicted molar refractivity (Wildman–Crippen MR) is 94.1 cm³/mol. The van der Waals surface area contributed by atoms with Crippen LogP contribution < -0.4 is 11.1 Å². The van der Waals surface area contributed by atoms with Gasteiger partial charge in [0.25, 0.3) is 0 Å². The van der Waals surface area contributed by atoms with E-state index in [1.807, 2.05) is 25.1 Å². The summed E-state index contributed by atoms with van der Waals surface area (Å²) in [6, 6.07) is 11.0. The topological polar surface area (TPSA) is 55.1 Å². The van der Waals surface area contributed by atoms with Gasteiger partial charge in [-0.05, 0) is 48.9 Å². The fourth-order valence-corrected chi connectivity index (χ4v) is 3.27. The van der Waals surface area contributed by atoms with Crippen molar-refractivity contribution in [3.05, 3.63) is 51.5 Å². The number of nitrogens with two attached hydrogens (primary N) is 1. The van der Waals surface area contributed by atoms with Crippen molar-refractivity contribution in [1.82, 2.24) is 0 Å². The number of aryl methyl sites for hydroxylation is 1. The first-order valence-corrected chi connectivity index (χ1v) is 8.35. The van der Waals surface area contributed by atoms with Crippen molar-refractivity contribution in [2.24, 2.45) is 0 Å². The molecule has 110 valence electrons. The molecule has 0 spiro atoms. The monoisotopic (exact) mass is 384 g/mol. The van der Waals surface area contributed by atoms with Gasteiger partial charge in [0.2, 0.25) is 5.91 Å². The van der Waals surface area contributed by atoms with Gasteiger partial charge in [-0.15, -0.1) is 11.8 Å². The van der Waals surface area contributed by atoms with E-state index in [4.69, 9.17) is 17.3 Å².